The summed E-state index contributed by atoms with van der Waals surface area (Å²) in [4.78, 5) is 24.7. The summed E-state index contributed by atoms with van der Waals surface area (Å²) in [6.07, 6.45) is 0.972. The van der Waals surface area contributed by atoms with Gasteiger partial charge in [0.1, 0.15) is 5.76 Å². The lowest BCUT2D eigenvalue weighted by atomic mass is 9.89. The van der Waals surface area contributed by atoms with Crippen molar-refractivity contribution < 1.29 is 19.1 Å². The van der Waals surface area contributed by atoms with E-state index in [1.807, 2.05) is 0 Å². The number of likely N-dealkylation sites (tertiary alicyclic amines) is 1. The number of aryl methyl sites for hydroxylation is 1. The largest absolute Gasteiger partial charge is 0.456 e. The second kappa shape index (κ2) is 5.05. The van der Waals surface area contributed by atoms with Crippen LogP contribution in [0.15, 0.2) is 16.5 Å². The molecule has 6 nitrogen and oxygen atoms in total. The Morgan fingerprint density at radius 1 is 1.53 bits per heavy atom. The quantitative estimate of drug-likeness (QED) is 0.829. The monoisotopic (exact) mass is 266 g/mol. The van der Waals surface area contributed by atoms with Crippen molar-refractivity contribution in [2.45, 2.75) is 31.8 Å². The van der Waals surface area contributed by atoms with E-state index in [1.165, 1.54) is 4.90 Å². The van der Waals surface area contributed by atoms with Crippen molar-refractivity contribution in [2.24, 2.45) is 5.73 Å². The molecule has 6 heteroatoms. The summed E-state index contributed by atoms with van der Waals surface area (Å²) in [7, 11) is 0. The molecule has 1 aliphatic heterocycles. The predicted molar refractivity (Wildman–Crippen MR) is 67.3 cm³/mol. The molecular weight excluding hydrogens is 248 g/mol. The van der Waals surface area contributed by atoms with Crippen molar-refractivity contribution in [2.75, 3.05) is 13.1 Å². The zero-order valence-corrected chi connectivity index (χ0v) is 10.9. The molecule has 2 heterocycles. The van der Waals surface area contributed by atoms with E-state index < -0.39 is 11.5 Å². The molecule has 104 valence electrons. The Kier molecular flexibility index (Phi) is 3.61. The summed E-state index contributed by atoms with van der Waals surface area (Å²) in [6.45, 7) is 2.41. The number of hydrogen-bond acceptors (Lipinski definition) is 4. The van der Waals surface area contributed by atoms with Crippen molar-refractivity contribution >= 4 is 11.8 Å². The van der Waals surface area contributed by atoms with E-state index in [-0.39, 0.29) is 24.6 Å². The zero-order chi connectivity index (χ0) is 14.0. The number of β-amino-alcohol motifs (C(OH)–C–C–N with tert-alkyl or cyclic N) is 1. The molecule has 19 heavy (non-hydrogen) atoms. The summed E-state index contributed by atoms with van der Waals surface area (Å²) in [5, 5.41) is 10.3. The number of piperidine rings is 1. The Labute approximate surface area is 111 Å². The van der Waals surface area contributed by atoms with E-state index in [4.69, 9.17) is 10.2 Å². The molecule has 0 aliphatic carbocycles. The van der Waals surface area contributed by atoms with Crippen molar-refractivity contribution in [1.29, 1.82) is 0 Å². The van der Waals surface area contributed by atoms with Gasteiger partial charge in [0.2, 0.25) is 5.91 Å². The number of carbonyl (C=O) groups is 2. The molecule has 1 aromatic heterocycles. The highest BCUT2D eigenvalue weighted by atomic mass is 16.4. The molecule has 3 N–H and O–H groups in total. The molecule has 0 radical (unpaired) electrons. The lowest BCUT2D eigenvalue weighted by Gasteiger charge is -2.38. The molecule has 1 saturated heterocycles. The number of hydrogen-bond donors (Lipinski definition) is 2. The first kappa shape index (κ1) is 13.6. The summed E-state index contributed by atoms with van der Waals surface area (Å²) in [6, 6.07) is 3.33. The maximum Gasteiger partial charge on any atom is 0.289 e. The van der Waals surface area contributed by atoms with Gasteiger partial charge in [-0.3, -0.25) is 9.59 Å². The Morgan fingerprint density at radius 2 is 2.26 bits per heavy atom. The van der Waals surface area contributed by atoms with Crippen molar-refractivity contribution in [3.05, 3.63) is 23.7 Å². The van der Waals surface area contributed by atoms with Gasteiger partial charge >= 0.3 is 0 Å². The first-order valence-electron chi connectivity index (χ1n) is 6.26. The van der Waals surface area contributed by atoms with Crippen LogP contribution in [0.3, 0.4) is 0 Å². The lowest BCUT2D eigenvalue weighted by molar-refractivity contribution is -0.125. The second-order valence-corrected chi connectivity index (χ2v) is 5.11. The van der Waals surface area contributed by atoms with Crippen molar-refractivity contribution in [3.63, 3.8) is 0 Å². The number of furan rings is 1. The summed E-state index contributed by atoms with van der Waals surface area (Å²) in [5.74, 6) is 0.0786. The molecule has 0 spiro atoms. The molecule has 1 aliphatic rings. The Morgan fingerprint density at radius 3 is 2.84 bits per heavy atom. The summed E-state index contributed by atoms with van der Waals surface area (Å²) < 4.78 is 5.28. The predicted octanol–water partition coefficient (Wildman–Crippen LogP) is 0.431. The Bertz CT molecular complexity index is 497. The van der Waals surface area contributed by atoms with E-state index in [0.29, 0.717) is 25.1 Å². The van der Waals surface area contributed by atoms with Gasteiger partial charge in [0.25, 0.3) is 5.91 Å². The number of carbonyl (C=O) groups excluding carboxylic acids is 2. The Balaban J connectivity index is 2.09. The molecule has 1 fully saturated rings. The van der Waals surface area contributed by atoms with Crippen LogP contribution >= 0.6 is 0 Å². The van der Waals surface area contributed by atoms with Crippen molar-refractivity contribution in [1.82, 2.24) is 4.90 Å². The SMILES string of the molecule is Cc1ccc(C(=O)N2CCCC(O)(CC(N)=O)C2)o1. The second-order valence-electron chi connectivity index (χ2n) is 5.11. The normalized spacial score (nSPS) is 23.4. The number of rotatable bonds is 3. The molecular formula is C13H18N2O4. The molecule has 0 bridgehead atoms. The van der Waals surface area contributed by atoms with Gasteiger partial charge in [0.15, 0.2) is 5.76 Å². The van der Waals surface area contributed by atoms with E-state index in [0.717, 1.165) is 0 Å². The number of primary amides is 1. The van der Waals surface area contributed by atoms with Crippen molar-refractivity contribution in [3.8, 4) is 0 Å². The summed E-state index contributed by atoms with van der Waals surface area (Å²) >= 11 is 0. The molecule has 0 saturated carbocycles. The third-order valence-electron chi connectivity index (χ3n) is 3.30. The molecule has 0 aromatic carbocycles. The number of nitrogens with two attached hydrogens (primary N) is 1. The number of nitrogens with zero attached hydrogens (tertiary/aromatic N) is 1. The molecule has 2 rings (SSSR count). The number of aliphatic hydroxyl groups is 1. The van der Waals surface area contributed by atoms with Gasteiger partial charge in [-0.05, 0) is 31.9 Å². The van der Waals surface area contributed by atoms with E-state index in [1.54, 1.807) is 19.1 Å². The van der Waals surface area contributed by atoms with Crippen LogP contribution in [0.25, 0.3) is 0 Å². The topological polar surface area (TPSA) is 96.8 Å². The van der Waals surface area contributed by atoms with E-state index in [2.05, 4.69) is 0 Å². The van der Waals surface area contributed by atoms with E-state index in [9.17, 15) is 14.7 Å². The van der Waals surface area contributed by atoms with Crippen LogP contribution in [-0.2, 0) is 4.79 Å². The Hall–Kier alpha value is -1.82. The maximum absolute atomic E-state index is 12.2. The van der Waals surface area contributed by atoms with Crippen LogP contribution in [0.5, 0.6) is 0 Å². The zero-order valence-electron chi connectivity index (χ0n) is 10.9. The third-order valence-corrected chi connectivity index (χ3v) is 3.30. The molecule has 2 amide bonds. The minimum absolute atomic E-state index is 0.106. The first-order chi connectivity index (χ1) is 8.89. The van der Waals surface area contributed by atoms with E-state index >= 15 is 0 Å². The van der Waals surface area contributed by atoms with Crippen LogP contribution in [0, 0.1) is 6.92 Å². The van der Waals surface area contributed by atoms with Gasteiger partial charge in [-0.1, -0.05) is 0 Å². The van der Waals surface area contributed by atoms with Crippen LogP contribution in [-0.4, -0.2) is 40.5 Å². The number of amides is 2. The average Bonchev–Trinajstić information content (AvgIpc) is 2.73. The fourth-order valence-corrected chi connectivity index (χ4v) is 2.46. The van der Waals surface area contributed by atoms with Gasteiger partial charge in [-0.2, -0.15) is 0 Å². The van der Waals surface area contributed by atoms with Gasteiger partial charge in [-0.25, -0.2) is 0 Å². The summed E-state index contributed by atoms with van der Waals surface area (Å²) in [5.41, 5.74) is 3.90. The van der Waals surface area contributed by atoms with Gasteiger partial charge in [0.05, 0.1) is 18.6 Å². The van der Waals surface area contributed by atoms with Crippen LogP contribution in [0.4, 0.5) is 0 Å². The first-order valence-corrected chi connectivity index (χ1v) is 6.26. The molecule has 1 atom stereocenters. The van der Waals surface area contributed by atoms with Crippen LogP contribution in [0.1, 0.15) is 35.6 Å². The smallest absolute Gasteiger partial charge is 0.289 e. The highest BCUT2D eigenvalue weighted by Crippen LogP contribution is 2.25. The fourth-order valence-electron chi connectivity index (χ4n) is 2.46. The minimum atomic E-state index is -1.22. The molecule has 1 unspecified atom stereocenters. The standard InChI is InChI=1S/C13H18N2O4/c1-9-3-4-10(19-9)12(17)15-6-2-5-13(18,8-15)7-11(14)16/h3-4,18H,2,5-8H2,1H3,(H2,14,16). The van der Waals surface area contributed by atoms with Gasteiger partial charge in [-0.15, -0.1) is 0 Å². The van der Waals surface area contributed by atoms with Crippen LogP contribution in [0.2, 0.25) is 0 Å². The van der Waals surface area contributed by atoms with Crippen LogP contribution < -0.4 is 5.73 Å². The highest BCUT2D eigenvalue weighted by Gasteiger charge is 2.37. The van der Waals surface area contributed by atoms with Gasteiger partial charge in [0, 0.05) is 6.54 Å². The molecule has 1 aromatic rings. The lowest BCUT2D eigenvalue weighted by Crippen LogP contribution is -2.51. The minimum Gasteiger partial charge on any atom is -0.456 e. The van der Waals surface area contributed by atoms with Gasteiger partial charge < -0.3 is 20.2 Å². The highest BCUT2D eigenvalue weighted by molar-refractivity contribution is 5.91. The average molecular weight is 266 g/mol. The maximum atomic E-state index is 12.2. The third kappa shape index (κ3) is 3.14. The fraction of sp³-hybridized carbons (Fsp3) is 0.538.